The van der Waals surface area contributed by atoms with Crippen molar-refractivity contribution < 1.29 is 5.11 Å². The van der Waals surface area contributed by atoms with Gasteiger partial charge in [0.05, 0.1) is 11.8 Å². The van der Waals surface area contributed by atoms with Gasteiger partial charge in [0.15, 0.2) is 0 Å². The third-order valence-corrected chi connectivity index (χ3v) is 3.88. The van der Waals surface area contributed by atoms with E-state index in [0.717, 1.165) is 42.8 Å². The summed E-state index contributed by atoms with van der Waals surface area (Å²) >= 11 is 0. The molecule has 1 saturated heterocycles. The number of rotatable bonds is 2. The summed E-state index contributed by atoms with van der Waals surface area (Å²) in [7, 11) is 0. The van der Waals surface area contributed by atoms with Gasteiger partial charge < -0.3 is 5.11 Å². The first-order valence-corrected chi connectivity index (χ1v) is 7.02. The molecule has 3 rings (SSSR count). The number of aromatic nitrogens is 2. The molecule has 106 valence electrons. The molecule has 20 heavy (non-hydrogen) atoms. The standard InChI is InChI=1S/C15H19N3O2/c1-11-3-2-6-18-14(20)9-12(16-15(11)18)10-17-7-4-13(19)5-8-17/h2-3,6,9,13,19H,4-5,7-8,10H2,1H3. The lowest BCUT2D eigenvalue weighted by atomic mass is 10.1. The van der Waals surface area contributed by atoms with Crippen LogP contribution >= 0.6 is 0 Å². The monoisotopic (exact) mass is 273 g/mol. The minimum atomic E-state index is -0.177. The summed E-state index contributed by atoms with van der Waals surface area (Å²) in [6.07, 6.45) is 3.17. The van der Waals surface area contributed by atoms with Crippen LogP contribution in [-0.2, 0) is 6.54 Å². The second kappa shape index (κ2) is 5.34. The largest absolute Gasteiger partial charge is 0.393 e. The van der Waals surface area contributed by atoms with Gasteiger partial charge in [-0.05, 0) is 31.4 Å². The smallest absolute Gasteiger partial charge is 0.258 e. The van der Waals surface area contributed by atoms with Crippen molar-refractivity contribution in [2.24, 2.45) is 0 Å². The summed E-state index contributed by atoms with van der Waals surface area (Å²) in [6, 6.07) is 5.43. The van der Waals surface area contributed by atoms with Gasteiger partial charge in [-0.3, -0.25) is 14.1 Å². The van der Waals surface area contributed by atoms with Crippen LogP contribution in [-0.4, -0.2) is 38.6 Å². The van der Waals surface area contributed by atoms with Crippen molar-refractivity contribution in [3.63, 3.8) is 0 Å². The highest BCUT2D eigenvalue weighted by atomic mass is 16.3. The first kappa shape index (κ1) is 13.3. The van der Waals surface area contributed by atoms with Gasteiger partial charge in [-0.1, -0.05) is 6.07 Å². The van der Waals surface area contributed by atoms with Gasteiger partial charge in [-0.15, -0.1) is 0 Å². The Labute approximate surface area is 117 Å². The molecular formula is C15H19N3O2. The second-order valence-electron chi connectivity index (χ2n) is 5.48. The van der Waals surface area contributed by atoms with E-state index in [1.807, 2.05) is 19.1 Å². The van der Waals surface area contributed by atoms with E-state index in [-0.39, 0.29) is 11.7 Å². The Hall–Kier alpha value is -1.72. The number of hydrogen-bond acceptors (Lipinski definition) is 4. The van der Waals surface area contributed by atoms with Crippen molar-refractivity contribution >= 4 is 5.65 Å². The zero-order valence-electron chi connectivity index (χ0n) is 11.6. The second-order valence-corrected chi connectivity index (χ2v) is 5.48. The van der Waals surface area contributed by atoms with E-state index >= 15 is 0 Å². The fourth-order valence-electron chi connectivity index (χ4n) is 2.70. The van der Waals surface area contributed by atoms with Gasteiger partial charge in [0.1, 0.15) is 5.65 Å². The number of aliphatic hydroxyl groups excluding tert-OH is 1. The molecule has 5 nitrogen and oxygen atoms in total. The Bertz CT molecular complexity index is 672. The van der Waals surface area contributed by atoms with Crippen molar-refractivity contribution in [3.05, 3.63) is 46.0 Å². The van der Waals surface area contributed by atoms with Crippen LogP contribution in [0.5, 0.6) is 0 Å². The third-order valence-electron chi connectivity index (χ3n) is 3.88. The molecule has 1 aliphatic heterocycles. The zero-order valence-corrected chi connectivity index (χ0v) is 11.6. The Kier molecular flexibility index (Phi) is 3.54. The number of piperidine rings is 1. The lowest BCUT2D eigenvalue weighted by molar-refractivity contribution is 0.0787. The highest BCUT2D eigenvalue weighted by molar-refractivity contribution is 5.46. The van der Waals surface area contributed by atoms with E-state index in [4.69, 9.17) is 0 Å². The molecule has 3 heterocycles. The van der Waals surface area contributed by atoms with E-state index in [9.17, 15) is 9.90 Å². The van der Waals surface area contributed by atoms with Crippen LogP contribution in [0.4, 0.5) is 0 Å². The van der Waals surface area contributed by atoms with Crippen molar-refractivity contribution in [3.8, 4) is 0 Å². The molecule has 0 amide bonds. The van der Waals surface area contributed by atoms with Crippen molar-refractivity contribution in [2.45, 2.75) is 32.4 Å². The SMILES string of the molecule is Cc1cccn2c(=O)cc(CN3CCC(O)CC3)nc12. The quantitative estimate of drug-likeness (QED) is 0.885. The maximum Gasteiger partial charge on any atom is 0.258 e. The molecule has 0 unspecified atom stereocenters. The predicted molar refractivity (Wildman–Crippen MR) is 76.7 cm³/mol. The molecule has 1 aliphatic rings. The van der Waals surface area contributed by atoms with Gasteiger partial charge in [0, 0.05) is 31.9 Å². The fourth-order valence-corrected chi connectivity index (χ4v) is 2.70. The van der Waals surface area contributed by atoms with E-state index in [1.54, 1.807) is 16.7 Å². The first-order valence-electron chi connectivity index (χ1n) is 7.02. The molecule has 0 aliphatic carbocycles. The summed E-state index contributed by atoms with van der Waals surface area (Å²) in [6.45, 7) is 4.35. The number of hydrogen-bond donors (Lipinski definition) is 1. The number of aryl methyl sites for hydroxylation is 1. The molecule has 2 aromatic rings. The number of nitrogens with zero attached hydrogens (tertiary/aromatic N) is 3. The lowest BCUT2D eigenvalue weighted by Gasteiger charge is -2.29. The van der Waals surface area contributed by atoms with Crippen molar-refractivity contribution in [1.29, 1.82) is 0 Å². The van der Waals surface area contributed by atoms with Crippen molar-refractivity contribution in [2.75, 3.05) is 13.1 Å². The Balaban J connectivity index is 1.89. The number of likely N-dealkylation sites (tertiary alicyclic amines) is 1. The number of aliphatic hydroxyl groups is 1. The molecule has 1 fully saturated rings. The van der Waals surface area contributed by atoms with Gasteiger partial charge in [0.25, 0.3) is 5.56 Å². The Morgan fingerprint density at radius 2 is 2.15 bits per heavy atom. The molecule has 0 aromatic carbocycles. The minimum absolute atomic E-state index is 0.0363. The molecule has 0 atom stereocenters. The minimum Gasteiger partial charge on any atom is -0.393 e. The fraction of sp³-hybridized carbons (Fsp3) is 0.467. The highest BCUT2D eigenvalue weighted by Crippen LogP contribution is 2.13. The normalized spacial score (nSPS) is 17.7. The van der Waals surface area contributed by atoms with E-state index in [0.29, 0.717) is 6.54 Å². The van der Waals surface area contributed by atoms with Crippen LogP contribution in [0.1, 0.15) is 24.1 Å². The summed E-state index contributed by atoms with van der Waals surface area (Å²) in [5, 5.41) is 9.52. The van der Waals surface area contributed by atoms with Gasteiger partial charge in [0.2, 0.25) is 0 Å². The third kappa shape index (κ3) is 2.59. The van der Waals surface area contributed by atoms with Crippen LogP contribution in [0.2, 0.25) is 0 Å². The van der Waals surface area contributed by atoms with Crippen LogP contribution in [0.3, 0.4) is 0 Å². The molecule has 0 spiro atoms. The molecule has 0 saturated carbocycles. The van der Waals surface area contributed by atoms with Crippen LogP contribution < -0.4 is 5.56 Å². The Morgan fingerprint density at radius 3 is 2.90 bits per heavy atom. The van der Waals surface area contributed by atoms with Gasteiger partial charge >= 0.3 is 0 Å². The summed E-state index contributed by atoms with van der Waals surface area (Å²) in [5.41, 5.74) is 2.50. The molecule has 0 radical (unpaired) electrons. The Morgan fingerprint density at radius 1 is 1.40 bits per heavy atom. The van der Waals surface area contributed by atoms with Crippen molar-refractivity contribution in [1.82, 2.24) is 14.3 Å². The van der Waals surface area contributed by atoms with E-state index in [2.05, 4.69) is 9.88 Å². The number of pyridine rings is 1. The maximum absolute atomic E-state index is 12.1. The summed E-state index contributed by atoms with van der Waals surface area (Å²) in [5.74, 6) is 0. The van der Waals surface area contributed by atoms with E-state index < -0.39 is 0 Å². The zero-order chi connectivity index (χ0) is 14.1. The van der Waals surface area contributed by atoms with Crippen LogP contribution in [0.15, 0.2) is 29.2 Å². The summed E-state index contributed by atoms with van der Waals surface area (Å²) in [4.78, 5) is 19.0. The average Bonchev–Trinajstić information content (AvgIpc) is 2.43. The molecule has 5 heteroatoms. The topological polar surface area (TPSA) is 57.8 Å². The first-order chi connectivity index (χ1) is 9.63. The van der Waals surface area contributed by atoms with Crippen LogP contribution in [0, 0.1) is 6.92 Å². The molecule has 0 bridgehead atoms. The molecule has 2 aromatic heterocycles. The highest BCUT2D eigenvalue weighted by Gasteiger charge is 2.17. The van der Waals surface area contributed by atoms with E-state index in [1.165, 1.54) is 0 Å². The lowest BCUT2D eigenvalue weighted by Crippen LogP contribution is -2.35. The average molecular weight is 273 g/mol. The summed E-state index contributed by atoms with van der Waals surface area (Å²) < 4.78 is 1.58. The number of fused-ring (bicyclic) bond motifs is 1. The maximum atomic E-state index is 12.1. The van der Waals surface area contributed by atoms with Gasteiger partial charge in [-0.25, -0.2) is 4.98 Å². The van der Waals surface area contributed by atoms with Gasteiger partial charge in [-0.2, -0.15) is 0 Å². The predicted octanol–water partition coefficient (Wildman–Crippen LogP) is 0.960. The van der Waals surface area contributed by atoms with Crippen LogP contribution in [0.25, 0.3) is 5.65 Å². The molecule has 1 N–H and O–H groups in total. The molecular weight excluding hydrogens is 254 g/mol.